The third-order valence-electron chi connectivity index (χ3n) is 4.15. The molecule has 0 spiro atoms. The lowest BCUT2D eigenvalue weighted by atomic mass is 9.95. The number of hydrogen-bond donors (Lipinski definition) is 2. The minimum Gasteiger partial charge on any atom is -0.388 e. The molecule has 2 heterocycles. The molecule has 7 heteroatoms. The SMILES string of the molecule is CNc1ccc([N+](=O)[O-])c(C(=O)NC2CC3CCC2O3)c1. The molecule has 2 bridgehead atoms. The van der Waals surface area contributed by atoms with Gasteiger partial charge < -0.3 is 15.4 Å². The van der Waals surface area contributed by atoms with Crippen LogP contribution < -0.4 is 10.6 Å². The van der Waals surface area contributed by atoms with Gasteiger partial charge in [-0.3, -0.25) is 14.9 Å². The molecule has 7 nitrogen and oxygen atoms in total. The maximum atomic E-state index is 12.4. The molecule has 112 valence electrons. The van der Waals surface area contributed by atoms with Crippen molar-refractivity contribution in [3.8, 4) is 0 Å². The van der Waals surface area contributed by atoms with Gasteiger partial charge in [-0.05, 0) is 31.4 Å². The Bertz CT molecular complexity index is 590. The highest BCUT2D eigenvalue weighted by Gasteiger charge is 2.41. The van der Waals surface area contributed by atoms with Gasteiger partial charge in [-0.25, -0.2) is 0 Å². The molecule has 2 aliphatic rings. The van der Waals surface area contributed by atoms with Crippen molar-refractivity contribution < 1.29 is 14.5 Å². The van der Waals surface area contributed by atoms with E-state index in [9.17, 15) is 14.9 Å². The maximum absolute atomic E-state index is 12.4. The topological polar surface area (TPSA) is 93.5 Å². The molecule has 1 amide bonds. The van der Waals surface area contributed by atoms with Gasteiger partial charge in [0.1, 0.15) is 5.56 Å². The van der Waals surface area contributed by atoms with E-state index in [1.807, 2.05) is 0 Å². The monoisotopic (exact) mass is 291 g/mol. The lowest BCUT2D eigenvalue weighted by molar-refractivity contribution is -0.385. The van der Waals surface area contributed by atoms with Crippen LogP contribution in [0.1, 0.15) is 29.6 Å². The van der Waals surface area contributed by atoms with Crippen LogP contribution in [0.25, 0.3) is 0 Å². The zero-order chi connectivity index (χ0) is 15.0. The predicted octanol–water partition coefficient (Wildman–Crippen LogP) is 1.69. The summed E-state index contributed by atoms with van der Waals surface area (Å²) in [4.78, 5) is 22.9. The van der Waals surface area contributed by atoms with E-state index in [1.165, 1.54) is 12.1 Å². The van der Waals surface area contributed by atoms with Gasteiger partial charge in [0, 0.05) is 18.8 Å². The molecule has 3 unspecified atom stereocenters. The van der Waals surface area contributed by atoms with Crippen LogP contribution in [-0.4, -0.2) is 36.1 Å². The largest absolute Gasteiger partial charge is 0.388 e. The predicted molar refractivity (Wildman–Crippen MR) is 76.4 cm³/mol. The van der Waals surface area contributed by atoms with Crippen LogP contribution in [0.5, 0.6) is 0 Å². The molecule has 0 aliphatic carbocycles. The van der Waals surface area contributed by atoms with Gasteiger partial charge >= 0.3 is 0 Å². The Morgan fingerprint density at radius 1 is 1.43 bits per heavy atom. The summed E-state index contributed by atoms with van der Waals surface area (Å²) in [6.07, 6.45) is 3.03. The second-order valence-electron chi connectivity index (χ2n) is 5.43. The highest BCUT2D eigenvalue weighted by atomic mass is 16.6. The van der Waals surface area contributed by atoms with Crippen molar-refractivity contribution in [2.45, 2.75) is 37.5 Å². The molecular weight excluding hydrogens is 274 g/mol. The van der Waals surface area contributed by atoms with E-state index in [4.69, 9.17) is 4.74 Å². The van der Waals surface area contributed by atoms with Gasteiger partial charge in [-0.1, -0.05) is 0 Å². The molecule has 1 aromatic carbocycles. The Morgan fingerprint density at radius 3 is 2.81 bits per heavy atom. The summed E-state index contributed by atoms with van der Waals surface area (Å²) in [6.45, 7) is 0. The normalized spacial score (nSPS) is 26.6. The summed E-state index contributed by atoms with van der Waals surface area (Å²) in [7, 11) is 1.70. The first-order chi connectivity index (χ1) is 10.1. The number of nitro groups is 1. The summed E-state index contributed by atoms with van der Waals surface area (Å²) in [5.74, 6) is -0.417. The van der Waals surface area contributed by atoms with E-state index in [1.54, 1.807) is 13.1 Å². The van der Waals surface area contributed by atoms with E-state index in [-0.39, 0.29) is 29.5 Å². The van der Waals surface area contributed by atoms with Crippen molar-refractivity contribution in [2.24, 2.45) is 0 Å². The van der Waals surface area contributed by atoms with Gasteiger partial charge in [0.05, 0.1) is 23.2 Å². The fourth-order valence-corrected chi connectivity index (χ4v) is 3.07. The highest BCUT2D eigenvalue weighted by Crippen LogP contribution is 2.34. The van der Waals surface area contributed by atoms with Crippen LogP contribution in [0.3, 0.4) is 0 Å². The third-order valence-corrected chi connectivity index (χ3v) is 4.15. The first-order valence-corrected chi connectivity index (χ1v) is 7.01. The Balaban J connectivity index is 1.81. The van der Waals surface area contributed by atoms with Crippen LogP contribution in [0.15, 0.2) is 18.2 Å². The van der Waals surface area contributed by atoms with Gasteiger partial charge in [0.25, 0.3) is 11.6 Å². The molecule has 3 rings (SSSR count). The number of fused-ring (bicyclic) bond motifs is 2. The van der Waals surface area contributed by atoms with E-state index in [0.717, 1.165) is 19.3 Å². The zero-order valence-electron chi connectivity index (χ0n) is 11.7. The van der Waals surface area contributed by atoms with Crippen molar-refractivity contribution in [3.05, 3.63) is 33.9 Å². The van der Waals surface area contributed by atoms with E-state index in [0.29, 0.717) is 5.69 Å². The molecule has 3 atom stereocenters. The number of nitrogens with one attached hydrogen (secondary N) is 2. The summed E-state index contributed by atoms with van der Waals surface area (Å²) >= 11 is 0. The Kier molecular flexibility index (Phi) is 3.50. The molecular formula is C14H17N3O4. The summed E-state index contributed by atoms with van der Waals surface area (Å²) in [5.41, 5.74) is 0.556. The Labute approximate surface area is 121 Å². The van der Waals surface area contributed by atoms with Crippen molar-refractivity contribution in [1.82, 2.24) is 5.32 Å². The van der Waals surface area contributed by atoms with Crippen molar-refractivity contribution in [1.29, 1.82) is 0 Å². The molecule has 2 N–H and O–H groups in total. The van der Waals surface area contributed by atoms with Crippen LogP contribution >= 0.6 is 0 Å². The minimum absolute atomic E-state index is 0.0467. The zero-order valence-corrected chi connectivity index (χ0v) is 11.7. The molecule has 2 saturated heterocycles. The lowest BCUT2D eigenvalue weighted by Gasteiger charge is -2.20. The number of carbonyl (C=O) groups excluding carboxylic acids is 1. The van der Waals surface area contributed by atoms with Crippen LogP contribution in [-0.2, 0) is 4.74 Å². The van der Waals surface area contributed by atoms with Gasteiger partial charge in [-0.2, -0.15) is 0 Å². The van der Waals surface area contributed by atoms with E-state index >= 15 is 0 Å². The van der Waals surface area contributed by atoms with Crippen LogP contribution in [0.2, 0.25) is 0 Å². The number of anilines is 1. The smallest absolute Gasteiger partial charge is 0.282 e. The first kappa shape index (κ1) is 13.8. The average Bonchev–Trinajstić information content (AvgIpc) is 3.09. The maximum Gasteiger partial charge on any atom is 0.282 e. The van der Waals surface area contributed by atoms with Gasteiger partial charge in [0.2, 0.25) is 0 Å². The quantitative estimate of drug-likeness (QED) is 0.650. The molecule has 1 aromatic rings. The number of amides is 1. The Morgan fingerprint density at radius 2 is 2.24 bits per heavy atom. The molecule has 0 radical (unpaired) electrons. The average molecular weight is 291 g/mol. The Hall–Kier alpha value is -2.15. The number of nitro benzene ring substituents is 1. The third kappa shape index (κ3) is 2.56. The van der Waals surface area contributed by atoms with Crippen LogP contribution in [0, 0.1) is 10.1 Å². The summed E-state index contributed by atoms with van der Waals surface area (Å²) in [5, 5.41) is 16.8. The first-order valence-electron chi connectivity index (χ1n) is 7.01. The fraction of sp³-hybridized carbons (Fsp3) is 0.500. The summed E-state index contributed by atoms with van der Waals surface area (Å²) < 4.78 is 5.68. The number of ether oxygens (including phenoxy) is 1. The standard InChI is InChI=1S/C14H17N3O4/c1-15-8-2-4-12(17(19)20)10(6-8)14(18)16-11-7-9-3-5-13(11)21-9/h2,4,6,9,11,13,15H,3,5,7H2,1H3,(H,16,18). The number of carbonyl (C=O) groups is 1. The summed E-state index contributed by atoms with van der Waals surface area (Å²) in [6, 6.07) is 4.38. The van der Waals surface area contributed by atoms with Crippen molar-refractivity contribution in [2.75, 3.05) is 12.4 Å². The number of benzene rings is 1. The molecule has 2 fully saturated rings. The molecule has 2 aliphatic heterocycles. The van der Waals surface area contributed by atoms with Crippen molar-refractivity contribution in [3.63, 3.8) is 0 Å². The number of rotatable bonds is 4. The minimum atomic E-state index is -0.536. The van der Waals surface area contributed by atoms with Gasteiger partial charge in [0.15, 0.2) is 0 Å². The second-order valence-corrected chi connectivity index (χ2v) is 5.43. The number of nitrogens with zero attached hydrogens (tertiary/aromatic N) is 1. The number of hydrogen-bond acceptors (Lipinski definition) is 5. The van der Waals surface area contributed by atoms with E-state index < -0.39 is 10.8 Å². The molecule has 0 saturated carbocycles. The van der Waals surface area contributed by atoms with Crippen molar-refractivity contribution >= 4 is 17.3 Å². The highest BCUT2D eigenvalue weighted by molar-refractivity contribution is 5.99. The molecule has 0 aromatic heterocycles. The van der Waals surface area contributed by atoms with E-state index in [2.05, 4.69) is 10.6 Å². The molecule has 21 heavy (non-hydrogen) atoms. The van der Waals surface area contributed by atoms with Crippen LogP contribution in [0.4, 0.5) is 11.4 Å². The lowest BCUT2D eigenvalue weighted by Crippen LogP contribution is -2.41. The fourth-order valence-electron chi connectivity index (χ4n) is 3.07. The van der Waals surface area contributed by atoms with Gasteiger partial charge in [-0.15, -0.1) is 0 Å². The second kappa shape index (κ2) is 5.33.